The molecule has 124 valence electrons. The van der Waals surface area contributed by atoms with Crippen molar-refractivity contribution in [3.05, 3.63) is 58.6 Å². The zero-order valence-corrected chi connectivity index (χ0v) is 14.4. The number of halogens is 1. The van der Waals surface area contributed by atoms with E-state index in [1.165, 1.54) is 0 Å². The second kappa shape index (κ2) is 6.65. The van der Waals surface area contributed by atoms with E-state index in [2.05, 4.69) is 5.32 Å². The van der Waals surface area contributed by atoms with Crippen molar-refractivity contribution in [2.24, 2.45) is 5.92 Å². The summed E-state index contributed by atoms with van der Waals surface area (Å²) in [5.74, 6) is -0.508. The summed E-state index contributed by atoms with van der Waals surface area (Å²) in [6, 6.07) is 13.0. The molecule has 24 heavy (non-hydrogen) atoms. The lowest BCUT2D eigenvalue weighted by Gasteiger charge is -2.19. The van der Waals surface area contributed by atoms with Crippen LogP contribution in [0, 0.1) is 19.8 Å². The molecule has 0 aromatic heterocycles. The summed E-state index contributed by atoms with van der Waals surface area (Å²) in [7, 11) is 0. The molecule has 1 aliphatic rings. The van der Waals surface area contributed by atoms with Gasteiger partial charge in [-0.15, -0.1) is 0 Å². The van der Waals surface area contributed by atoms with Crippen molar-refractivity contribution in [1.82, 2.24) is 0 Å². The molecule has 0 radical (unpaired) electrons. The molecule has 2 aromatic carbocycles. The van der Waals surface area contributed by atoms with Crippen molar-refractivity contribution >= 4 is 34.8 Å². The molecule has 2 amide bonds. The molecule has 0 aliphatic carbocycles. The number of carbonyl (C=O) groups is 2. The average molecular weight is 343 g/mol. The quantitative estimate of drug-likeness (QED) is 0.918. The van der Waals surface area contributed by atoms with E-state index < -0.39 is 0 Å². The van der Waals surface area contributed by atoms with Crippen LogP contribution in [0.25, 0.3) is 0 Å². The summed E-state index contributed by atoms with van der Waals surface area (Å²) in [4.78, 5) is 26.5. The summed E-state index contributed by atoms with van der Waals surface area (Å²) in [6.07, 6.45) is 0.229. The molecule has 1 fully saturated rings. The minimum Gasteiger partial charge on any atom is -0.326 e. The smallest absolute Gasteiger partial charge is 0.229 e. The van der Waals surface area contributed by atoms with E-state index in [4.69, 9.17) is 11.6 Å². The van der Waals surface area contributed by atoms with Gasteiger partial charge in [-0.05, 0) is 55.3 Å². The second-order valence-electron chi connectivity index (χ2n) is 6.19. The van der Waals surface area contributed by atoms with Gasteiger partial charge in [0, 0.05) is 29.4 Å². The number of aryl methyl sites for hydroxylation is 2. The van der Waals surface area contributed by atoms with E-state index in [1.54, 1.807) is 29.2 Å². The Hall–Kier alpha value is -2.33. The van der Waals surface area contributed by atoms with Crippen LogP contribution in [0.3, 0.4) is 0 Å². The Labute approximate surface area is 146 Å². The van der Waals surface area contributed by atoms with E-state index in [0.717, 1.165) is 16.8 Å². The van der Waals surface area contributed by atoms with Crippen LogP contribution in [0.4, 0.5) is 11.4 Å². The lowest BCUT2D eigenvalue weighted by Crippen LogP contribution is -2.28. The molecule has 0 saturated carbocycles. The molecular formula is C19H19ClN2O2. The first-order valence-corrected chi connectivity index (χ1v) is 8.26. The zero-order chi connectivity index (χ0) is 17.3. The Morgan fingerprint density at radius 2 is 1.88 bits per heavy atom. The van der Waals surface area contributed by atoms with Crippen LogP contribution < -0.4 is 10.2 Å². The first-order valence-electron chi connectivity index (χ1n) is 7.88. The van der Waals surface area contributed by atoms with Gasteiger partial charge < -0.3 is 10.2 Å². The van der Waals surface area contributed by atoms with Gasteiger partial charge in [-0.2, -0.15) is 0 Å². The summed E-state index contributed by atoms with van der Waals surface area (Å²) < 4.78 is 0. The summed E-state index contributed by atoms with van der Waals surface area (Å²) in [5, 5.41) is 3.47. The molecular weight excluding hydrogens is 324 g/mol. The van der Waals surface area contributed by atoms with Gasteiger partial charge in [-0.3, -0.25) is 9.59 Å². The Balaban J connectivity index is 1.73. The fraction of sp³-hybridized carbons (Fsp3) is 0.263. The van der Waals surface area contributed by atoms with Gasteiger partial charge in [-0.1, -0.05) is 23.7 Å². The molecule has 1 saturated heterocycles. The Kier molecular flexibility index (Phi) is 4.58. The molecule has 0 spiro atoms. The van der Waals surface area contributed by atoms with Crippen molar-refractivity contribution < 1.29 is 9.59 Å². The van der Waals surface area contributed by atoms with Crippen LogP contribution in [-0.2, 0) is 9.59 Å². The maximum absolute atomic E-state index is 12.5. The average Bonchev–Trinajstić information content (AvgIpc) is 2.94. The number of benzene rings is 2. The summed E-state index contributed by atoms with van der Waals surface area (Å²) in [5.41, 5.74) is 3.70. The summed E-state index contributed by atoms with van der Waals surface area (Å²) in [6.45, 7) is 4.37. The van der Waals surface area contributed by atoms with Crippen LogP contribution in [0.1, 0.15) is 17.5 Å². The standard InChI is InChI=1S/C19H19ClN2O2/c1-12-3-4-13(2)17(9-12)22-11-14(10-18(22)23)19(24)21-16-7-5-15(20)6-8-16/h3-9,14H,10-11H2,1-2H3,(H,21,24)/t14-/m1/s1. The fourth-order valence-corrected chi connectivity index (χ4v) is 3.03. The van der Waals surface area contributed by atoms with Crippen molar-refractivity contribution in [3.63, 3.8) is 0 Å². The molecule has 3 rings (SSSR count). The molecule has 1 heterocycles. The number of nitrogens with one attached hydrogen (secondary N) is 1. The van der Waals surface area contributed by atoms with Crippen LogP contribution in [0.15, 0.2) is 42.5 Å². The number of amides is 2. The molecule has 5 heteroatoms. The highest BCUT2D eigenvalue weighted by Gasteiger charge is 2.35. The normalized spacial score (nSPS) is 17.2. The molecule has 2 aromatic rings. The maximum atomic E-state index is 12.5. The maximum Gasteiger partial charge on any atom is 0.229 e. The van der Waals surface area contributed by atoms with Crippen molar-refractivity contribution in [3.8, 4) is 0 Å². The van der Waals surface area contributed by atoms with E-state index in [1.807, 2.05) is 32.0 Å². The first kappa shape index (κ1) is 16.5. The number of rotatable bonds is 3. The van der Waals surface area contributed by atoms with Crippen LogP contribution in [0.5, 0.6) is 0 Å². The number of hydrogen-bond acceptors (Lipinski definition) is 2. The molecule has 0 unspecified atom stereocenters. The third-order valence-electron chi connectivity index (χ3n) is 4.26. The predicted molar refractivity (Wildman–Crippen MR) is 96.5 cm³/mol. The second-order valence-corrected chi connectivity index (χ2v) is 6.63. The highest BCUT2D eigenvalue weighted by Crippen LogP contribution is 2.29. The van der Waals surface area contributed by atoms with E-state index in [0.29, 0.717) is 17.3 Å². The van der Waals surface area contributed by atoms with E-state index >= 15 is 0 Å². The lowest BCUT2D eigenvalue weighted by molar-refractivity contribution is -0.122. The molecule has 0 bridgehead atoms. The fourth-order valence-electron chi connectivity index (χ4n) is 2.90. The van der Waals surface area contributed by atoms with E-state index in [-0.39, 0.29) is 24.2 Å². The molecule has 1 aliphatic heterocycles. The largest absolute Gasteiger partial charge is 0.326 e. The number of carbonyl (C=O) groups excluding carboxylic acids is 2. The van der Waals surface area contributed by atoms with Crippen LogP contribution in [-0.4, -0.2) is 18.4 Å². The SMILES string of the molecule is Cc1ccc(C)c(N2C[C@H](C(=O)Nc3ccc(Cl)cc3)CC2=O)c1. The third-order valence-corrected chi connectivity index (χ3v) is 4.51. The Morgan fingerprint density at radius 3 is 2.58 bits per heavy atom. The van der Waals surface area contributed by atoms with Crippen LogP contribution >= 0.6 is 11.6 Å². The Bertz CT molecular complexity index is 786. The predicted octanol–water partition coefficient (Wildman–Crippen LogP) is 3.95. The highest BCUT2D eigenvalue weighted by molar-refractivity contribution is 6.30. The highest BCUT2D eigenvalue weighted by atomic mass is 35.5. The number of anilines is 2. The van der Waals surface area contributed by atoms with Crippen molar-refractivity contribution in [1.29, 1.82) is 0 Å². The van der Waals surface area contributed by atoms with Crippen LogP contribution in [0.2, 0.25) is 5.02 Å². The monoisotopic (exact) mass is 342 g/mol. The molecule has 1 atom stereocenters. The third kappa shape index (κ3) is 3.44. The van der Waals surface area contributed by atoms with E-state index in [9.17, 15) is 9.59 Å². The van der Waals surface area contributed by atoms with Crippen molar-refractivity contribution in [2.45, 2.75) is 20.3 Å². The minimum atomic E-state index is -0.354. The zero-order valence-electron chi connectivity index (χ0n) is 13.7. The first-order chi connectivity index (χ1) is 11.4. The molecule has 1 N–H and O–H groups in total. The van der Waals surface area contributed by atoms with Crippen molar-refractivity contribution in [2.75, 3.05) is 16.8 Å². The van der Waals surface area contributed by atoms with Gasteiger partial charge in [0.2, 0.25) is 11.8 Å². The van der Waals surface area contributed by atoms with Gasteiger partial charge in [0.1, 0.15) is 0 Å². The topological polar surface area (TPSA) is 49.4 Å². The number of hydrogen-bond donors (Lipinski definition) is 1. The van der Waals surface area contributed by atoms with Gasteiger partial charge >= 0.3 is 0 Å². The van der Waals surface area contributed by atoms with Gasteiger partial charge in [-0.25, -0.2) is 0 Å². The lowest BCUT2D eigenvalue weighted by atomic mass is 10.1. The summed E-state index contributed by atoms with van der Waals surface area (Å²) >= 11 is 5.84. The van der Waals surface area contributed by atoms with Gasteiger partial charge in [0.05, 0.1) is 5.92 Å². The number of nitrogens with zero attached hydrogens (tertiary/aromatic N) is 1. The van der Waals surface area contributed by atoms with Gasteiger partial charge in [0.15, 0.2) is 0 Å². The minimum absolute atomic E-state index is 0.0139. The molecule has 4 nitrogen and oxygen atoms in total. The Morgan fingerprint density at radius 1 is 1.17 bits per heavy atom. The van der Waals surface area contributed by atoms with Gasteiger partial charge in [0.25, 0.3) is 0 Å².